The third-order valence-corrected chi connectivity index (χ3v) is 4.95. The molecule has 1 saturated heterocycles. The van der Waals surface area contributed by atoms with Crippen molar-refractivity contribution in [3.63, 3.8) is 0 Å². The van der Waals surface area contributed by atoms with Gasteiger partial charge in [-0.2, -0.15) is 0 Å². The predicted octanol–water partition coefficient (Wildman–Crippen LogP) is 2.36. The van der Waals surface area contributed by atoms with Crippen LogP contribution in [0.5, 0.6) is 5.75 Å². The topological polar surface area (TPSA) is 67.6 Å². The number of hydrogen-bond acceptors (Lipinski definition) is 4. The van der Waals surface area contributed by atoms with Crippen molar-refractivity contribution in [1.82, 2.24) is 10.3 Å². The molecular weight excluding hydrogens is 326 g/mol. The minimum absolute atomic E-state index is 0.0449. The van der Waals surface area contributed by atoms with Crippen molar-refractivity contribution in [2.24, 2.45) is 11.8 Å². The number of carbonyl (C=O) groups is 1. The van der Waals surface area contributed by atoms with Crippen molar-refractivity contribution in [3.05, 3.63) is 65.7 Å². The highest BCUT2D eigenvalue weighted by Crippen LogP contribution is 2.18. The molecule has 5 heteroatoms. The van der Waals surface area contributed by atoms with Crippen molar-refractivity contribution in [2.45, 2.75) is 19.3 Å². The number of likely N-dealkylation sites (tertiary alicyclic amines) is 1. The number of ether oxygens (including phenoxy) is 1. The molecule has 1 amide bonds. The zero-order valence-electron chi connectivity index (χ0n) is 15.1. The lowest BCUT2D eigenvalue weighted by Gasteiger charge is -2.30. The van der Waals surface area contributed by atoms with E-state index in [9.17, 15) is 4.79 Å². The molecule has 2 aromatic carbocycles. The highest BCUT2D eigenvalue weighted by molar-refractivity contribution is 5.78. The number of nitrogens with one attached hydrogen (secondary N) is 1. The molecule has 0 aromatic heterocycles. The average molecular weight is 353 g/mol. The van der Waals surface area contributed by atoms with Gasteiger partial charge in [-0.25, -0.2) is 5.84 Å². The first kappa shape index (κ1) is 18.4. The maximum absolute atomic E-state index is 11.5. The molecule has 1 aliphatic rings. The molecule has 0 radical (unpaired) electrons. The summed E-state index contributed by atoms with van der Waals surface area (Å²) < 4.78 is 5.87. The molecule has 1 heterocycles. The van der Waals surface area contributed by atoms with E-state index >= 15 is 0 Å². The summed E-state index contributed by atoms with van der Waals surface area (Å²) in [5.74, 6) is 6.11. The highest BCUT2D eigenvalue weighted by atomic mass is 16.5. The molecule has 0 saturated carbocycles. The number of hydrogen-bond donors (Lipinski definition) is 2. The molecule has 26 heavy (non-hydrogen) atoms. The molecule has 0 atom stereocenters. The van der Waals surface area contributed by atoms with Crippen LogP contribution in [0.2, 0.25) is 0 Å². The molecule has 138 valence electrons. The van der Waals surface area contributed by atoms with Crippen LogP contribution in [0.3, 0.4) is 0 Å². The van der Waals surface area contributed by atoms with Gasteiger partial charge in [0.05, 0.1) is 0 Å². The number of benzene rings is 2. The minimum Gasteiger partial charge on any atom is -0.492 e. The number of piperidine rings is 1. The Morgan fingerprint density at radius 2 is 1.69 bits per heavy atom. The Morgan fingerprint density at radius 3 is 2.35 bits per heavy atom. The average Bonchev–Trinajstić information content (AvgIpc) is 2.70. The van der Waals surface area contributed by atoms with Gasteiger partial charge in [0.25, 0.3) is 0 Å². The molecule has 3 rings (SSSR count). The van der Waals surface area contributed by atoms with Gasteiger partial charge in [0.15, 0.2) is 0 Å². The van der Waals surface area contributed by atoms with E-state index in [1.54, 1.807) is 0 Å². The lowest BCUT2D eigenvalue weighted by molar-refractivity contribution is -0.126. The van der Waals surface area contributed by atoms with Crippen LogP contribution in [0, 0.1) is 5.92 Å². The minimum atomic E-state index is -0.0449. The SMILES string of the molecule is NNC(=O)C1CCN(CCOc2ccc(Cc3ccccc3)cc2)CC1. The van der Waals surface area contributed by atoms with Crippen LogP contribution in [0.1, 0.15) is 24.0 Å². The fourth-order valence-corrected chi connectivity index (χ4v) is 3.36. The molecule has 2 aromatic rings. The Kier molecular flexibility index (Phi) is 6.63. The van der Waals surface area contributed by atoms with E-state index in [4.69, 9.17) is 10.6 Å². The number of nitrogens with two attached hydrogens (primary N) is 1. The standard InChI is InChI=1S/C21H27N3O2/c22-23-21(25)19-10-12-24(13-11-19)14-15-26-20-8-6-18(7-9-20)16-17-4-2-1-3-5-17/h1-9,19H,10-16,22H2,(H,23,25). The van der Waals surface area contributed by atoms with Crippen LogP contribution >= 0.6 is 0 Å². The zero-order valence-corrected chi connectivity index (χ0v) is 15.1. The third-order valence-electron chi connectivity index (χ3n) is 4.95. The van der Waals surface area contributed by atoms with Crippen LogP contribution in [0.4, 0.5) is 0 Å². The summed E-state index contributed by atoms with van der Waals surface area (Å²) in [6, 6.07) is 18.8. The summed E-state index contributed by atoms with van der Waals surface area (Å²) in [6.07, 6.45) is 2.65. The molecule has 0 spiro atoms. The molecule has 5 nitrogen and oxygen atoms in total. The summed E-state index contributed by atoms with van der Waals surface area (Å²) in [4.78, 5) is 13.9. The number of rotatable bonds is 7. The normalized spacial score (nSPS) is 15.6. The lowest BCUT2D eigenvalue weighted by Crippen LogP contribution is -2.43. The largest absolute Gasteiger partial charge is 0.492 e. The summed E-state index contributed by atoms with van der Waals surface area (Å²) >= 11 is 0. The lowest BCUT2D eigenvalue weighted by atomic mass is 9.96. The second-order valence-corrected chi connectivity index (χ2v) is 6.78. The summed E-state index contributed by atoms with van der Waals surface area (Å²) in [6.45, 7) is 3.36. The number of carbonyl (C=O) groups excluding carboxylic acids is 1. The molecule has 0 unspecified atom stereocenters. The van der Waals surface area contributed by atoms with Gasteiger partial charge < -0.3 is 4.74 Å². The van der Waals surface area contributed by atoms with Crippen LogP contribution in [-0.2, 0) is 11.2 Å². The quantitative estimate of drug-likeness (QED) is 0.456. The van der Waals surface area contributed by atoms with Crippen LogP contribution in [-0.4, -0.2) is 37.0 Å². The monoisotopic (exact) mass is 353 g/mol. The molecular formula is C21H27N3O2. The molecule has 0 aliphatic carbocycles. The summed E-state index contributed by atoms with van der Waals surface area (Å²) in [5.41, 5.74) is 4.85. The van der Waals surface area contributed by atoms with Crippen LogP contribution in [0.15, 0.2) is 54.6 Å². The zero-order chi connectivity index (χ0) is 18.2. The van der Waals surface area contributed by atoms with Crippen LogP contribution in [0.25, 0.3) is 0 Å². The molecule has 1 aliphatic heterocycles. The van der Waals surface area contributed by atoms with Gasteiger partial charge in [-0.1, -0.05) is 42.5 Å². The van der Waals surface area contributed by atoms with Gasteiger partial charge in [-0.05, 0) is 55.6 Å². The Balaban J connectivity index is 1.38. The summed E-state index contributed by atoms with van der Waals surface area (Å²) in [7, 11) is 0. The third kappa shape index (κ3) is 5.31. The Bertz CT molecular complexity index is 680. The fourth-order valence-electron chi connectivity index (χ4n) is 3.36. The number of amides is 1. The van der Waals surface area contributed by atoms with Gasteiger partial charge >= 0.3 is 0 Å². The first-order valence-corrected chi connectivity index (χ1v) is 9.23. The van der Waals surface area contributed by atoms with Crippen molar-refractivity contribution in [3.8, 4) is 5.75 Å². The maximum Gasteiger partial charge on any atom is 0.237 e. The van der Waals surface area contributed by atoms with Gasteiger partial charge in [-0.3, -0.25) is 15.1 Å². The van der Waals surface area contributed by atoms with Crippen molar-refractivity contribution >= 4 is 5.91 Å². The van der Waals surface area contributed by atoms with E-state index in [0.29, 0.717) is 6.61 Å². The predicted molar refractivity (Wildman–Crippen MR) is 103 cm³/mol. The molecule has 1 fully saturated rings. The molecule has 3 N–H and O–H groups in total. The highest BCUT2D eigenvalue weighted by Gasteiger charge is 2.24. The van der Waals surface area contributed by atoms with Gasteiger partial charge in [0, 0.05) is 12.5 Å². The summed E-state index contributed by atoms with van der Waals surface area (Å²) in [5, 5.41) is 0. The van der Waals surface area contributed by atoms with Crippen molar-refractivity contribution < 1.29 is 9.53 Å². The fraction of sp³-hybridized carbons (Fsp3) is 0.381. The second kappa shape index (κ2) is 9.36. The van der Waals surface area contributed by atoms with Crippen molar-refractivity contribution in [2.75, 3.05) is 26.2 Å². The van der Waals surface area contributed by atoms with Crippen molar-refractivity contribution in [1.29, 1.82) is 0 Å². The van der Waals surface area contributed by atoms with Gasteiger partial charge in [-0.15, -0.1) is 0 Å². The maximum atomic E-state index is 11.5. The Labute approximate surface area is 155 Å². The van der Waals surface area contributed by atoms with E-state index in [2.05, 4.69) is 46.7 Å². The van der Waals surface area contributed by atoms with E-state index in [0.717, 1.165) is 44.6 Å². The number of hydrazine groups is 1. The Morgan fingerprint density at radius 1 is 1.04 bits per heavy atom. The first-order chi connectivity index (χ1) is 12.7. The van der Waals surface area contributed by atoms with E-state index in [1.165, 1.54) is 11.1 Å². The second-order valence-electron chi connectivity index (χ2n) is 6.78. The van der Waals surface area contributed by atoms with Gasteiger partial charge in [0.2, 0.25) is 5.91 Å². The molecule has 0 bridgehead atoms. The number of nitrogens with zero attached hydrogens (tertiary/aromatic N) is 1. The van der Waals surface area contributed by atoms with E-state index in [-0.39, 0.29) is 11.8 Å². The van der Waals surface area contributed by atoms with Gasteiger partial charge in [0.1, 0.15) is 12.4 Å². The van der Waals surface area contributed by atoms with E-state index < -0.39 is 0 Å². The van der Waals surface area contributed by atoms with Crippen LogP contribution < -0.4 is 16.0 Å². The smallest absolute Gasteiger partial charge is 0.237 e. The first-order valence-electron chi connectivity index (χ1n) is 9.23. The van der Waals surface area contributed by atoms with E-state index in [1.807, 2.05) is 18.2 Å². The Hall–Kier alpha value is -2.37.